The highest BCUT2D eigenvalue weighted by Crippen LogP contribution is 2.39. The number of carbonyl (C=O) groups is 1. The minimum atomic E-state index is -0.372. The summed E-state index contributed by atoms with van der Waals surface area (Å²) in [6, 6.07) is 7.30. The minimum Gasteiger partial charge on any atom is -0.493 e. The van der Waals surface area contributed by atoms with Crippen molar-refractivity contribution in [2.24, 2.45) is 5.10 Å². The number of thiophene rings is 1. The molecule has 2 heterocycles. The van der Waals surface area contributed by atoms with Crippen LogP contribution in [0.2, 0.25) is 0 Å². The van der Waals surface area contributed by atoms with Crippen LogP contribution < -0.4 is 19.6 Å². The number of ether oxygens (including phenoxy) is 3. The van der Waals surface area contributed by atoms with Crippen LogP contribution in [0, 0.1) is 0 Å². The smallest absolute Gasteiger partial charge is 0.275 e. The fourth-order valence-electron chi connectivity index (χ4n) is 2.51. The van der Waals surface area contributed by atoms with Crippen molar-refractivity contribution in [2.45, 2.75) is 0 Å². The summed E-state index contributed by atoms with van der Waals surface area (Å²) in [5.74, 6) is 1.07. The number of nitrogens with one attached hydrogen (secondary N) is 2. The van der Waals surface area contributed by atoms with Crippen molar-refractivity contribution in [3.8, 4) is 27.8 Å². The molecule has 0 fully saturated rings. The van der Waals surface area contributed by atoms with Crippen LogP contribution in [-0.2, 0) is 0 Å². The monoisotopic (exact) mass is 386 g/mol. The van der Waals surface area contributed by atoms with Crippen LogP contribution in [0.15, 0.2) is 40.9 Å². The van der Waals surface area contributed by atoms with Crippen molar-refractivity contribution in [3.63, 3.8) is 0 Å². The molecule has 2 N–H and O–H groups in total. The van der Waals surface area contributed by atoms with E-state index in [1.165, 1.54) is 38.0 Å². The van der Waals surface area contributed by atoms with Crippen molar-refractivity contribution in [3.05, 3.63) is 47.0 Å². The molecule has 0 aliphatic heterocycles. The van der Waals surface area contributed by atoms with Crippen LogP contribution in [0.5, 0.6) is 17.2 Å². The van der Waals surface area contributed by atoms with E-state index in [9.17, 15) is 4.79 Å². The number of hydrogen-bond acceptors (Lipinski definition) is 7. The van der Waals surface area contributed by atoms with Crippen molar-refractivity contribution < 1.29 is 19.0 Å². The van der Waals surface area contributed by atoms with Crippen LogP contribution in [0.3, 0.4) is 0 Å². The third kappa shape index (κ3) is 3.77. The summed E-state index contributed by atoms with van der Waals surface area (Å²) in [5.41, 5.74) is 4.19. The lowest BCUT2D eigenvalue weighted by Crippen LogP contribution is -2.17. The first-order valence-electron chi connectivity index (χ1n) is 7.89. The summed E-state index contributed by atoms with van der Waals surface area (Å²) in [5, 5.41) is 12.7. The number of H-pyrrole nitrogens is 1. The summed E-state index contributed by atoms with van der Waals surface area (Å²) in [6.07, 6.45) is 2.94. The molecule has 1 aromatic carbocycles. The highest BCUT2D eigenvalue weighted by atomic mass is 32.1. The zero-order valence-corrected chi connectivity index (χ0v) is 15.8. The molecule has 9 heteroatoms. The normalized spacial score (nSPS) is 10.8. The Labute approximate surface area is 159 Å². The Kier molecular flexibility index (Phi) is 5.72. The Morgan fingerprint density at radius 3 is 2.67 bits per heavy atom. The molecular weight excluding hydrogens is 368 g/mol. The van der Waals surface area contributed by atoms with Crippen molar-refractivity contribution in [1.29, 1.82) is 0 Å². The van der Waals surface area contributed by atoms with Crippen molar-refractivity contribution in [2.75, 3.05) is 21.3 Å². The summed E-state index contributed by atoms with van der Waals surface area (Å²) >= 11 is 1.51. The quantitative estimate of drug-likeness (QED) is 0.481. The lowest BCUT2D eigenvalue weighted by atomic mass is 10.2. The molecule has 0 aliphatic rings. The molecule has 0 spiro atoms. The van der Waals surface area contributed by atoms with Crippen molar-refractivity contribution >= 4 is 23.5 Å². The largest absolute Gasteiger partial charge is 0.493 e. The SMILES string of the molecule is COc1ccc(C=NNC(=O)c2cn[nH]c2-c2cccs2)c(OC)c1OC. The zero-order valence-electron chi connectivity index (χ0n) is 15.0. The molecule has 8 nitrogen and oxygen atoms in total. The van der Waals surface area contributed by atoms with E-state index < -0.39 is 0 Å². The molecule has 1 amide bonds. The molecule has 140 valence electrons. The number of aromatic nitrogens is 2. The van der Waals surface area contributed by atoms with Gasteiger partial charge in [-0.25, -0.2) is 5.43 Å². The number of methoxy groups -OCH3 is 3. The van der Waals surface area contributed by atoms with E-state index in [0.29, 0.717) is 34.1 Å². The summed E-state index contributed by atoms with van der Waals surface area (Å²) in [4.78, 5) is 13.4. The first kappa shape index (κ1) is 18.5. The maximum Gasteiger partial charge on any atom is 0.275 e. The van der Waals surface area contributed by atoms with Gasteiger partial charge in [-0.15, -0.1) is 11.3 Å². The van der Waals surface area contributed by atoms with Gasteiger partial charge < -0.3 is 14.2 Å². The fraction of sp³-hybridized carbons (Fsp3) is 0.167. The Hall–Kier alpha value is -3.33. The van der Waals surface area contributed by atoms with Gasteiger partial charge in [-0.1, -0.05) is 6.07 Å². The number of hydrazone groups is 1. The van der Waals surface area contributed by atoms with E-state index in [0.717, 1.165) is 4.88 Å². The van der Waals surface area contributed by atoms with Crippen LogP contribution in [0.4, 0.5) is 0 Å². The van der Waals surface area contributed by atoms with E-state index in [1.807, 2.05) is 17.5 Å². The van der Waals surface area contributed by atoms with E-state index >= 15 is 0 Å². The van der Waals surface area contributed by atoms with Gasteiger partial charge in [0, 0.05) is 5.56 Å². The average Bonchev–Trinajstić information content (AvgIpc) is 3.38. The van der Waals surface area contributed by atoms with Gasteiger partial charge in [-0.2, -0.15) is 10.2 Å². The van der Waals surface area contributed by atoms with Gasteiger partial charge in [0.15, 0.2) is 11.5 Å². The van der Waals surface area contributed by atoms with Gasteiger partial charge in [0.1, 0.15) is 0 Å². The predicted octanol–water partition coefficient (Wildman–Crippen LogP) is 2.93. The molecule has 27 heavy (non-hydrogen) atoms. The number of hydrogen-bond donors (Lipinski definition) is 2. The van der Waals surface area contributed by atoms with Gasteiger partial charge in [0.25, 0.3) is 5.91 Å². The Balaban J connectivity index is 1.79. The Bertz CT molecular complexity index is 950. The van der Waals surface area contributed by atoms with E-state index in [1.54, 1.807) is 19.2 Å². The number of amides is 1. The molecule has 0 aliphatic carbocycles. The van der Waals surface area contributed by atoms with Gasteiger partial charge in [0.2, 0.25) is 5.75 Å². The molecule has 0 atom stereocenters. The topological polar surface area (TPSA) is 97.8 Å². The number of aromatic amines is 1. The second kappa shape index (κ2) is 8.37. The molecule has 0 saturated heterocycles. The molecule has 0 bridgehead atoms. The first-order valence-corrected chi connectivity index (χ1v) is 8.77. The number of nitrogens with zero attached hydrogens (tertiary/aromatic N) is 2. The second-order valence-electron chi connectivity index (χ2n) is 5.26. The Morgan fingerprint density at radius 2 is 2.00 bits per heavy atom. The van der Waals surface area contributed by atoms with E-state index in [-0.39, 0.29) is 5.91 Å². The molecular formula is C18H18N4O4S. The molecule has 0 saturated carbocycles. The molecule has 0 unspecified atom stereocenters. The van der Waals surface area contributed by atoms with Crippen LogP contribution in [0.1, 0.15) is 15.9 Å². The molecule has 2 aromatic heterocycles. The average molecular weight is 386 g/mol. The first-order chi connectivity index (χ1) is 13.2. The maximum absolute atomic E-state index is 12.4. The lowest BCUT2D eigenvalue weighted by Gasteiger charge is -2.13. The summed E-state index contributed by atoms with van der Waals surface area (Å²) < 4.78 is 16.0. The number of rotatable bonds is 7. The highest BCUT2D eigenvalue weighted by molar-refractivity contribution is 7.13. The maximum atomic E-state index is 12.4. The van der Waals surface area contributed by atoms with Gasteiger partial charge >= 0.3 is 0 Å². The molecule has 3 aromatic rings. The highest BCUT2D eigenvalue weighted by Gasteiger charge is 2.16. The third-order valence-corrected chi connectivity index (χ3v) is 4.64. The number of carbonyl (C=O) groups excluding carboxylic acids is 1. The van der Waals surface area contributed by atoms with Gasteiger partial charge in [-0.3, -0.25) is 9.89 Å². The van der Waals surface area contributed by atoms with E-state index in [2.05, 4.69) is 20.7 Å². The summed E-state index contributed by atoms with van der Waals surface area (Å²) in [7, 11) is 4.58. The molecule has 3 rings (SSSR count). The van der Waals surface area contributed by atoms with Crippen molar-refractivity contribution in [1.82, 2.24) is 15.6 Å². The van der Waals surface area contributed by atoms with Crippen LogP contribution >= 0.6 is 11.3 Å². The predicted molar refractivity (Wildman–Crippen MR) is 103 cm³/mol. The lowest BCUT2D eigenvalue weighted by molar-refractivity contribution is 0.0956. The zero-order chi connectivity index (χ0) is 19.2. The molecule has 0 radical (unpaired) electrons. The van der Waals surface area contributed by atoms with Crippen LogP contribution in [0.25, 0.3) is 10.6 Å². The third-order valence-electron chi connectivity index (χ3n) is 3.76. The van der Waals surface area contributed by atoms with E-state index in [4.69, 9.17) is 14.2 Å². The van der Waals surface area contributed by atoms with Gasteiger partial charge in [-0.05, 0) is 23.6 Å². The number of benzene rings is 1. The van der Waals surface area contributed by atoms with Gasteiger partial charge in [0.05, 0.1) is 49.9 Å². The standard InChI is InChI=1S/C18H18N4O4S/c1-24-13-7-6-11(16(25-2)17(13)26-3)9-19-22-18(23)12-10-20-21-15(12)14-5-4-8-27-14/h4-10H,1-3H3,(H,20,21)(H,22,23). The van der Waals surface area contributed by atoms with Crippen LogP contribution in [-0.4, -0.2) is 43.6 Å². The summed E-state index contributed by atoms with van der Waals surface area (Å²) in [6.45, 7) is 0. The fourth-order valence-corrected chi connectivity index (χ4v) is 3.25. The minimum absolute atomic E-state index is 0.372. The Morgan fingerprint density at radius 1 is 1.19 bits per heavy atom. The second-order valence-corrected chi connectivity index (χ2v) is 6.21.